The number of aliphatic carboxylic acids is 1. The number of carbonyl (C=O) groups is 2. The maximum atomic E-state index is 12.1. The minimum atomic E-state index is -1.12. The lowest BCUT2D eigenvalue weighted by Crippen LogP contribution is -2.56. The molecule has 2 N–H and O–H groups in total. The summed E-state index contributed by atoms with van der Waals surface area (Å²) in [5.74, 6) is -0.813. The van der Waals surface area contributed by atoms with Gasteiger partial charge in [0.25, 0.3) is 5.91 Å². The molecule has 1 saturated carbocycles. The van der Waals surface area contributed by atoms with Gasteiger partial charge in [0.1, 0.15) is 11.2 Å². The second-order valence-electron chi connectivity index (χ2n) is 5.28. The maximum absolute atomic E-state index is 12.1. The van der Waals surface area contributed by atoms with Gasteiger partial charge in [-0.25, -0.2) is 9.78 Å². The fourth-order valence-electron chi connectivity index (χ4n) is 2.40. The molecular formula is C13H18N2O3S. The molecule has 0 atom stereocenters. The number of hydrogen-bond acceptors (Lipinski definition) is 4. The first-order valence-corrected chi connectivity index (χ1v) is 7.29. The number of aromatic nitrogens is 1. The van der Waals surface area contributed by atoms with Crippen LogP contribution in [0.1, 0.15) is 48.1 Å². The SMILES string of the molecule is Cc1nc(C(=O)NC2(C(=O)O)CCC(C)CC2)cs1. The Morgan fingerprint density at radius 2 is 2.11 bits per heavy atom. The van der Waals surface area contributed by atoms with Crippen LogP contribution in [0.25, 0.3) is 0 Å². The summed E-state index contributed by atoms with van der Waals surface area (Å²) in [5, 5.41) is 14.6. The van der Waals surface area contributed by atoms with E-state index < -0.39 is 11.5 Å². The lowest BCUT2D eigenvalue weighted by molar-refractivity contribution is -0.146. The zero-order chi connectivity index (χ0) is 14.0. The van der Waals surface area contributed by atoms with Gasteiger partial charge in [0.2, 0.25) is 0 Å². The lowest BCUT2D eigenvalue weighted by Gasteiger charge is -2.36. The summed E-state index contributed by atoms with van der Waals surface area (Å²) in [6.45, 7) is 3.92. The van der Waals surface area contributed by atoms with Crippen LogP contribution < -0.4 is 5.32 Å². The molecule has 0 saturated heterocycles. The van der Waals surface area contributed by atoms with Crippen LogP contribution in [0.5, 0.6) is 0 Å². The minimum Gasteiger partial charge on any atom is -0.480 e. The van der Waals surface area contributed by atoms with Crippen LogP contribution >= 0.6 is 11.3 Å². The first kappa shape index (κ1) is 14.0. The molecule has 5 nitrogen and oxygen atoms in total. The first-order chi connectivity index (χ1) is 8.93. The van der Waals surface area contributed by atoms with Gasteiger partial charge in [-0.3, -0.25) is 4.79 Å². The van der Waals surface area contributed by atoms with Crippen LogP contribution in [0.3, 0.4) is 0 Å². The van der Waals surface area contributed by atoms with Crippen molar-refractivity contribution < 1.29 is 14.7 Å². The van der Waals surface area contributed by atoms with Crippen molar-refractivity contribution in [1.29, 1.82) is 0 Å². The van der Waals surface area contributed by atoms with Crippen molar-refractivity contribution >= 4 is 23.2 Å². The van der Waals surface area contributed by atoms with Crippen molar-refractivity contribution in [2.45, 2.75) is 45.1 Å². The van der Waals surface area contributed by atoms with E-state index in [0.717, 1.165) is 17.8 Å². The van der Waals surface area contributed by atoms with Gasteiger partial charge in [-0.15, -0.1) is 11.3 Å². The van der Waals surface area contributed by atoms with Gasteiger partial charge in [-0.1, -0.05) is 6.92 Å². The van der Waals surface area contributed by atoms with E-state index in [0.29, 0.717) is 24.5 Å². The Balaban J connectivity index is 2.13. The van der Waals surface area contributed by atoms with Crippen molar-refractivity contribution in [1.82, 2.24) is 10.3 Å². The van der Waals surface area contributed by atoms with Crippen molar-refractivity contribution in [2.75, 3.05) is 0 Å². The van der Waals surface area contributed by atoms with E-state index in [2.05, 4.69) is 17.2 Å². The molecule has 0 radical (unpaired) electrons. The number of carbonyl (C=O) groups excluding carboxylic acids is 1. The van der Waals surface area contributed by atoms with Gasteiger partial charge in [-0.2, -0.15) is 0 Å². The van der Waals surface area contributed by atoms with E-state index in [1.54, 1.807) is 5.38 Å². The summed E-state index contributed by atoms with van der Waals surface area (Å²) in [6, 6.07) is 0. The van der Waals surface area contributed by atoms with Crippen LogP contribution in [-0.2, 0) is 4.79 Å². The number of hydrogen-bond donors (Lipinski definition) is 2. The zero-order valence-corrected chi connectivity index (χ0v) is 11.9. The molecule has 1 aliphatic rings. The van der Waals surface area contributed by atoms with E-state index >= 15 is 0 Å². The number of nitrogens with zero attached hydrogens (tertiary/aromatic N) is 1. The number of nitrogens with one attached hydrogen (secondary N) is 1. The lowest BCUT2D eigenvalue weighted by atomic mass is 9.77. The third kappa shape index (κ3) is 2.94. The predicted molar refractivity (Wildman–Crippen MR) is 72.3 cm³/mol. The van der Waals surface area contributed by atoms with Crippen LogP contribution in [0.4, 0.5) is 0 Å². The van der Waals surface area contributed by atoms with E-state index in [4.69, 9.17) is 0 Å². The van der Waals surface area contributed by atoms with Crippen LogP contribution in [0, 0.1) is 12.8 Å². The van der Waals surface area contributed by atoms with Gasteiger partial charge in [0, 0.05) is 5.38 Å². The summed E-state index contributed by atoms with van der Waals surface area (Å²) < 4.78 is 0. The third-order valence-electron chi connectivity index (χ3n) is 3.74. The molecule has 0 aliphatic heterocycles. The maximum Gasteiger partial charge on any atom is 0.329 e. The van der Waals surface area contributed by atoms with E-state index in [9.17, 15) is 14.7 Å². The molecule has 1 aromatic rings. The van der Waals surface area contributed by atoms with Crippen LogP contribution in [0.2, 0.25) is 0 Å². The average Bonchev–Trinajstić information content (AvgIpc) is 2.79. The fourth-order valence-corrected chi connectivity index (χ4v) is 2.99. The number of rotatable bonds is 3. The molecule has 104 valence electrons. The molecule has 1 heterocycles. The second-order valence-corrected chi connectivity index (χ2v) is 6.34. The molecule has 0 unspecified atom stereocenters. The number of amides is 1. The van der Waals surface area contributed by atoms with Gasteiger partial charge < -0.3 is 10.4 Å². The van der Waals surface area contributed by atoms with Gasteiger partial charge in [-0.05, 0) is 38.5 Å². The van der Waals surface area contributed by atoms with Gasteiger partial charge in [0.15, 0.2) is 0 Å². The summed E-state index contributed by atoms with van der Waals surface area (Å²) in [6.07, 6.45) is 2.61. The van der Waals surface area contributed by atoms with E-state index in [1.807, 2.05) is 6.92 Å². The highest BCUT2D eigenvalue weighted by atomic mass is 32.1. The number of carboxylic acid groups (broad SMARTS) is 1. The van der Waals surface area contributed by atoms with Gasteiger partial charge >= 0.3 is 5.97 Å². The minimum absolute atomic E-state index is 0.307. The molecule has 1 fully saturated rings. The molecule has 0 aromatic carbocycles. The Morgan fingerprint density at radius 3 is 2.58 bits per heavy atom. The normalized spacial score (nSPS) is 26.9. The highest BCUT2D eigenvalue weighted by molar-refractivity contribution is 7.09. The quantitative estimate of drug-likeness (QED) is 0.891. The summed E-state index contributed by atoms with van der Waals surface area (Å²) in [5.41, 5.74) is -0.817. The Morgan fingerprint density at radius 1 is 1.47 bits per heavy atom. The van der Waals surface area contributed by atoms with Crippen molar-refractivity contribution in [3.63, 3.8) is 0 Å². The molecule has 6 heteroatoms. The van der Waals surface area contributed by atoms with Crippen molar-refractivity contribution in [2.24, 2.45) is 5.92 Å². The molecule has 1 aromatic heterocycles. The monoisotopic (exact) mass is 282 g/mol. The Bertz CT molecular complexity index is 490. The summed E-state index contributed by atoms with van der Waals surface area (Å²) >= 11 is 1.38. The molecule has 2 rings (SSSR count). The summed E-state index contributed by atoms with van der Waals surface area (Å²) in [7, 11) is 0. The molecule has 0 bridgehead atoms. The van der Waals surface area contributed by atoms with Gasteiger partial charge in [0.05, 0.1) is 5.01 Å². The van der Waals surface area contributed by atoms with Crippen molar-refractivity contribution in [3.8, 4) is 0 Å². The second kappa shape index (κ2) is 5.28. The number of thiazole rings is 1. The number of carboxylic acids is 1. The molecule has 19 heavy (non-hydrogen) atoms. The van der Waals surface area contributed by atoms with Crippen LogP contribution in [-0.4, -0.2) is 27.5 Å². The Labute approximate surface area is 116 Å². The smallest absolute Gasteiger partial charge is 0.329 e. The molecular weight excluding hydrogens is 264 g/mol. The predicted octanol–water partition coefficient (Wildman–Crippen LogP) is 2.21. The highest BCUT2D eigenvalue weighted by Gasteiger charge is 2.42. The topological polar surface area (TPSA) is 79.3 Å². The Hall–Kier alpha value is -1.43. The Kier molecular flexibility index (Phi) is 3.89. The van der Waals surface area contributed by atoms with Crippen molar-refractivity contribution in [3.05, 3.63) is 16.1 Å². The van der Waals surface area contributed by atoms with Crippen LogP contribution in [0.15, 0.2) is 5.38 Å². The number of aryl methyl sites for hydroxylation is 1. The van der Waals surface area contributed by atoms with E-state index in [1.165, 1.54) is 11.3 Å². The molecule has 1 amide bonds. The highest BCUT2D eigenvalue weighted by Crippen LogP contribution is 2.32. The standard InChI is InChI=1S/C13H18N2O3S/c1-8-3-5-13(6-4-8,12(17)18)15-11(16)10-7-19-9(2)14-10/h7-8H,3-6H2,1-2H3,(H,15,16)(H,17,18). The third-order valence-corrected chi connectivity index (χ3v) is 4.52. The average molecular weight is 282 g/mol. The molecule has 1 aliphatic carbocycles. The fraction of sp³-hybridized carbons (Fsp3) is 0.615. The zero-order valence-electron chi connectivity index (χ0n) is 11.1. The first-order valence-electron chi connectivity index (χ1n) is 6.41. The summed E-state index contributed by atoms with van der Waals surface area (Å²) in [4.78, 5) is 27.7. The largest absolute Gasteiger partial charge is 0.480 e. The van der Waals surface area contributed by atoms with E-state index in [-0.39, 0.29) is 5.91 Å². The molecule has 0 spiro atoms.